The molecule has 1 aliphatic carbocycles. The molecule has 1 aromatic rings. The summed E-state index contributed by atoms with van der Waals surface area (Å²) in [5.41, 5.74) is 0.528. The maximum absolute atomic E-state index is 8.93. The van der Waals surface area contributed by atoms with E-state index in [4.69, 9.17) is 10.00 Å². The smallest absolute Gasteiger partial charge is 0.231 e. The molecular formula is C13H16N2O. The molecule has 0 bridgehead atoms. The van der Waals surface area contributed by atoms with Crippen molar-refractivity contribution in [3.8, 4) is 11.9 Å². The molecule has 16 heavy (non-hydrogen) atoms. The number of pyridine rings is 1. The van der Waals surface area contributed by atoms with E-state index in [9.17, 15) is 0 Å². The van der Waals surface area contributed by atoms with Gasteiger partial charge in [0, 0.05) is 6.20 Å². The summed E-state index contributed by atoms with van der Waals surface area (Å²) in [7, 11) is 0. The molecule has 0 N–H and O–H groups in total. The van der Waals surface area contributed by atoms with E-state index in [2.05, 4.69) is 18.0 Å². The van der Waals surface area contributed by atoms with Crippen molar-refractivity contribution < 1.29 is 4.74 Å². The van der Waals surface area contributed by atoms with Gasteiger partial charge in [-0.3, -0.25) is 0 Å². The second kappa shape index (κ2) is 4.98. The van der Waals surface area contributed by atoms with Crippen molar-refractivity contribution >= 4 is 0 Å². The van der Waals surface area contributed by atoms with Gasteiger partial charge in [0.15, 0.2) is 0 Å². The van der Waals surface area contributed by atoms with Crippen LogP contribution < -0.4 is 4.74 Å². The molecule has 1 aliphatic rings. The summed E-state index contributed by atoms with van der Waals surface area (Å²) >= 11 is 0. The number of aromatic nitrogens is 1. The standard InChI is InChI=1S/C13H16N2O/c1-10-4-2-6-12(8-10)16-13-11(9-14)5-3-7-15-13/h3,5,7,10,12H,2,4,6,8H2,1H3. The summed E-state index contributed by atoms with van der Waals surface area (Å²) < 4.78 is 5.81. The van der Waals surface area contributed by atoms with Crippen LogP contribution in [0.5, 0.6) is 5.88 Å². The average molecular weight is 216 g/mol. The monoisotopic (exact) mass is 216 g/mol. The molecule has 1 saturated carbocycles. The minimum Gasteiger partial charge on any atom is -0.473 e. The lowest BCUT2D eigenvalue weighted by atomic mass is 9.89. The lowest BCUT2D eigenvalue weighted by molar-refractivity contribution is 0.123. The van der Waals surface area contributed by atoms with E-state index in [1.807, 2.05) is 0 Å². The Hall–Kier alpha value is -1.56. The van der Waals surface area contributed by atoms with Crippen molar-refractivity contribution in [1.29, 1.82) is 5.26 Å². The fourth-order valence-electron chi connectivity index (χ4n) is 2.21. The third-order valence-corrected chi connectivity index (χ3v) is 3.06. The fraction of sp³-hybridized carbons (Fsp3) is 0.538. The van der Waals surface area contributed by atoms with Gasteiger partial charge in [0.2, 0.25) is 5.88 Å². The number of hydrogen-bond donors (Lipinski definition) is 0. The third-order valence-electron chi connectivity index (χ3n) is 3.06. The number of nitriles is 1. The predicted molar refractivity (Wildman–Crippen MR) is 61.0 cm³/mol. The summed E-state index contributed by atoms with van der Waals surface area (Å²) in [6.07, 6.45) is 6.54. The second-order valence-electron chi connectivity index (χ2n) is 4.48. The fourth-order valence-corrected chi connectivity index (χ4v) is 2.21. The number of nitrogens with zero attached hydrogens (tertiary/aromatic N) is 2. The highest BCUT2D eigenvalue weighted by atomic mass is 16.5. The highest BCUT2D eigenvalue weighted by Gasteiger charge is 2.21. The van der Waals surface area contributed by atoms with Crippen LogP contribution in [0.15, 0.2) is 18.3 Å². The normalized spacial score (nSPS) is 24.8. The molecule has 2 unspecified atom stereocenters. The maximum Gasteiger partial charge on any atom is 0.231 e. The van der Waals surface area contributed by atoms with Crippen molar-refractivity contribution in [3.05, 3.63) is 23.9 Å². The molecule has 2 rings (SSSR count). The first-order valence-corrected chi connectivity index (χ1v) is 5.81. The van der Waals surface area contributed by atoms with E-state index < -0.39 is 0 Å². The lowest BCUT2D eigenvalue weighted by Crippen LogP contribution is -2.24. The molecule has 84 valence electrons. The molecule has 0 radical (unpaired) electrons. The first kappa shape index (κ1) is 10.9. The average Bonchev–Trinajstić information content (AvgIpc) is 2.30. The molecular weight excluding hydrogens is 200 g/mol. The van der Waals surface area contributed by atoms with E-state index in [1.165, 1.54) is 12.8 Å². The molecule has 0 saturated heterocycles. The molecule has 2 atom stereocenters. The van der Waals surface area contributed by atoms with Crippen LogP contribution in [-0.2, 0) is 0 Å². The van der Waals surface area contributed by atoms with Crippen LogP contribution in [0.2, 0.25) is 0 Å². The Morgan fingerprint density at radius 3 is 3.12 bits per heavy atom. The second-order valence-corrected chi connectivity index (χ2v) is 4.48. The van der Waals surface area contributed by atoms with Crippen molar-refractivity contribution in [3.63, 3.8) is 0 Å². The number of hydrogen-bond acceptors (Lipinski definition) is 3. The zero-order valence-electron chi connectivity index (χ0n) is 9.52. The molecule has 3 nitrogen and oxygen atoms in total. The van der Waals surface area contributed by atoms with Gasteiger partial charge in [0.25, 0.3) is 0 Å². The van der Waals surface area contributed by atoms with E-state index in [0.29, 0.717) is 17.4 Å². The Bertz CT molecular complexity index is 397. The Kier molecular flexibility index (Phi) is 3.40. The van der Waals surface area contributed by atoms with Crippen LogP contribution in [-0.4, -0.2) is 11.1 Å². The van der Waals surface area contributed by atoms with Gasteiger partial charge >= 0.3 is 0 Å². The minimum atomic E-state index is 0.228. The Morgan fingerprint density at radius 2 is 2.38 bits per heavy atom. The number of rotatable bonds is 2. The summed E-state index contributed by atoms with van der Waals surface area (Å²) in [5, 5.41) is 8.93. The van der Waals surface area contributed by atoms with Crippen molar-refractivity contribution in [2.75, 3.05) is 0 Å². The third kappa shape index (κ3) is 2.52. The Labute approximate surface area is 96.1 Å². The largest absolute Gasteiger partial charge is 0.473 e. The molecule has 3 heteroatoms. The molecule has 0 aliphatic heterocycles. The molecule has 0 aromatic carbocycles. The van der Waals surface area contributed by atoms with Gasteiger partial charge in [-0.15, -0.1) is 0 Å². The van der Waals surface area contributed by atoms with Crippen LogP contribution in [0.25, 0.3) is 0 Å². The van der Waals surface area contributed by atoms with E-state index in [-0.39, 0.29) is 6.10 Å². The molecule has 1 heterocycles. The minimum absolute atomic E-state index is 0.228. The lowest BCUT2D eigenvalue weighted by Gasteiger charge is -2.27. The summed E-state index contributed by atoms with van der Waals surface area (Å²) in [6, 6.07) is 5.61. The summed E-state index contributed by atoms with van der Waals surface area (Å²) in [4.78, 5) is 4.12. The van der Waals surface area contributed by atoms with Crippen molar-refractivity contribution in [2.24, 2.45) is 5.92 Å². The summed E-state index contributed by atoms with van der Waals surface area (Å²) in [6.45, 7) is 2.25. The van der Waals surface area contributed by atoms with Gasteiger partial charge < -0.3 is 4.74 Å². The van der Waals surface area contributed by atoms with Gasteiger partial charge in [-0.25, -0.2) is 4.98 Å². The Balaban J connectivity index is 2.06. The predicted octanol–water partition coefficient (Wildman–Crippen LogP) is 2.91. The summed E-state index contributed by atoms with van der Waals surface area (Å²) in [5.74, 6) is 1.21. The molecule has 0 amide bonds. The van der Waals surface area contributed by atoms with Crippen LogP contribution in [0.4, 0.5) is 0 Å². The molecule has 1 fully saturated rings. The van der Waals surface area contributed by atoms with E-state index in [0.717, 1.165) is 12.8 Å². The number of ether oxygens (including phenoxy) is 1. The first-order chi connectivity index (χ1) is 7.79. The maximum atomic E-state index is 8.93. The van der Waals surface area contributed by atoms with Gasteiger partial charge in [-0.2, -0.15) is 5.26 Å². The van der Waals surface area contributed by atoms with Crippen molar-refractivity contribution in [2.45, 2.75) is 38.7 Å². The highest BCUT2D eigenvalue weighted by molar-refractivity contribution is 5.37. The van der Waals surface area contributed by atoms with Gasteiger partial charge in [0.1, 0.15) is 17.7 Å². The first-order valence-electron chi connectivity index (χ1n) is 5.81. The molecule has 1 aromatic heterocycles. The van der Waals surface area contributed by atoms with Crippen LogP contribution in [0.1, 0.15) is 38.2 Å². The zero-order chi connectivity index (χ0) is 11.4. The van der Waals surface area contributed by atoms with E-state index in [1.54, 1.807) is 18.3 Å². The zero-order valence-corrected chi connectivity index (χ0v) is 9.52. The van der Waals surface area contributed by atoms with E-state index >= 15 is 0 Å². The van der Waals surface area contributed by atoms with Crippen LogP contribution in [0.3, 0.4) is 0 Å². The Morgan fingerprint density at radius 1 is 1.50 bits per heavy atom. The van der Waals surface area contributed by atoms with Gasteiger partial charge in [-0.1, -0.05) is 13.3 Å². The highest BCUT2D eigenvalue weighted by Crippen LogP contribution is 2.27. The van der Waals surface area contributed by atoms with Crippen LogP contribution >= 0.6 is 0 Å². The van der Waals surface area contributed by atoms with Crippen molar-refractivity contribution in [1.82, 2.24) is 4.98 Å². The quantitative estimate of drug-likeness (QED) is 0.763. The molecule has 0 spiro atoms. The SMILES string of the molecule is CC1CCCC(Oc2ncccc2C#N)C1. The van der Waals surface area contributed by atoms with Gasteiger partial charge in [-0.05, 0) is 37.3 Å². The topological polar surface area (TPSA) is 45.9 Å². The van der Waals surface area contributed by atoms with Crippen LogP contribution in [0, 0.1) is 17.2 Å². The van der Waals surface area contributed by atoms with Gasteiger partial charge in [0.05, 0.1) is 0 Å².